The fourth-order valence-electron chi connectivity index (χ4n) is 2.02. The first-order valence-electron chi connectivity index (χ1n) is 5.21. The summed E-state index contributed by atoms with van der Waals surface area (Å²) in [6, 6.07) is 0. The number of rotatable bonds is 3. The van der Waals surface area contributed by atoms with E-state index in [4.69, 9.17) is 4.74 Å². The maximum Gasteiger partial charge on any atom is 0.123 e. The SMILES string of the molecule is CCC(C)C1(C)CC(C=O)CCO1. The molecule has 0 spiro atoms. The number of hydrogen-bond donors (Lipinski definition) is 0. The topological polar surface area (TPSA) is 26.3 Å². The van der Waals surface area contributed by atoms with Crippen LogP contribution in [0.5, 0.6) is 0 Å². The fraction of sp³-hybridized carbons (Fsp3) is 0.909. The third kappa shape index (κ3) is 2.31. The standard InChI is InChI=1S/C11H20O2/c1-4-9(2)11(3)7-10(8-12)5-6-13-11/h8-10H,4-7H2,1-3H3. The lowest BCUT2D eigenvalue weighted by Crippen LogP contribution is -2.42. The Morgan fingerprint density at radius 2 is 2.38 bits per heavy atom. The first kappa shape index (κ1) is 10.7. The molecule has 0 aromatic heterocycles. The molecular weight excluding hydrogens is 164 g/mol. The van der Waals surface area contributed by atoms with Crippen molar-refractivity contribution >= 4 is 6.29 Å². The van der Waals surface area contributed by atoms with Gasteiger partial charge >= 0.3 is 0 Å². The van der Waals surface area contributed by atoms with Crippen LogP contribution in [-0.4, -0.2) is 18.5 Å². The second-order valence-corrected chi connectivity index (χ2v) is 4.36. The number of carbonyl (C=O) groups is 1. The van der Waals surface area contributed by atoms with Crippen molar-refractivity contribution in [1.82, 2.24) is 0 Å². The van der Waals surface area contributed by atoms with Gasteiger partial charge in [-0.1, -0.05) is 20.3 Å². The van der Waals surface area contributed by atoms with E-state index in [2.05, 4.69) is 20.8 Å². The Bertz CT molecular complexity index is 179. The van der Waals surface area contributed by atoms with Crippen LogP contribution in [0.15, 0.2) is 0 Å². The second-order valence-electron chi connectivity index (χ2n) is 4.36. The van der Waals surface area contributed by atoms with Crippen molar-refractivity contribution in [2.45, 2.75) is 45.6 Å². The molecule has 1 fully saturated rings. The maximum absolute atomic E-state index is 10.7. The number of hydrogen-bond acceptors (Lipinski definition) is 2. The average molecular weight is 184 g/mol. The summed E-state index contributed by atoms with van der Waals surface area (Å²) < 4.78 is 5.79. The molecule has 0 saturated carbocycles. The minimum Gasteiger partial charge on any atom is -0.375 e. The van der Waals surface area contributed by atoms with E-state index in [0.717, 1.165) is 32.2 Å². The van der Waals surface area contributed by atoms with E-state index < -0.39 is 0 Å². The van der Waals surface area contributed by atoms with Crippen LogP contribution in [-0.2, 0) is 9.53 Å². The molecule has 1 heterocycles. The molecule has 0 N–H and O–H groups in total. The van der Waals surface area contributed by atoms with Crippen molar-refractivity contribution in [2.24, 2.45) is 11.8 Å². The van der Waals surface area contributed by atoms with Crippen LogP contribution in [0.1, 0.15) is 40.0 Å². The van der Waals surface area contributed by atoms with Crippen LogP contribution in [0.2, 0.25) is 0 Å². The molecule has 2 heteroatoms. The summed E-state index contributed by atoms with van der Waals surface area (Å²) in [6.45, 7) is 7.25. The third-order valence-corrected chi connectivity index (χ3v) is 3.44. The highest BCUT2D eigenvalue weighted by molar-refractivity contribution is 5.53. The van der Waals surface area contributed by atoms with Gasteiger partial charge in [-0.3, -0.25) is 0 Å². The molecular formula is C11H20O2. The van der Waals surface area contributed by atoms with Gasteiger partial charge in [0.05, 0.1) is 5.60 Å². The number of aldehydes is 1. The molecule has 2 nitrogen and oxygen atoms in total. The molecule has 0 amide bonds. The van der Waals surface area contributed by atoms with E-state index in [1.807, 2.05) is 0 Å². The van der Waals surface area contributed by atoms with Gasteiger partial charge < -0.3 is 9.53 Å². The van der Waals surface area contributed by atoms with Gasteiger partial charge in [0.25, 0.3) is 0 Å². The van der Waals surface area contributed by atoms with Crippen molar-refractivity contribution in [3.63, 3.8) is 0 Å². The number of ether oxygens (including phenoxy) is 1. The first-order chi connectivity index (χ1) is 6.12. The zero-order valence-electron chi connectivity index (χ0n) is 8.88. The molecule has 3 unspecified atom stereocenters. The smallest absolute Gasteiger partial charge is 0.123 e. The molecule has 0 aromatic carbocycles. The summed E-state index contributed by atoms with van der Waals surface area (Å²) in [5, 5.41) is 0. The van der Waals surface area contributed by atoms with Gasteiger partial charge in [-0.15, -0.1) is 0 Å². The van der Waals surface area contributed by atoms with Crippen molar-refractivity contribution < 1.29 is 9.53 Å². The minimum atomic E-state index is -0.0709. The van der Waals surface area contributed by atoms with Gasteiger partial charge in [-0.25, -0.2) is 0 Å². The molecule has 0 radical (unpaired) electrons. The Morgan fingerprint density at radius 1 is 1.69 bits per heavy atom. The third-order valence-electron chi connectivity index (χ3n) is 3.44. The molecule has 0 aliphatic carbocycles. The maximum atomic E-state index is 10.7. The van der Waals surface area contributed by atoms with E-state index in [1.165, 1.54) is 0 Å². The highest BCUT2D eigenvalue weighted by Gasteiger charge is 2.36. The van der Waals surface area contributed by atoms with Crippen LogP contribution < -0.4 is 0 Å². The van der Waals surface area contributed by atoms with Crippen molar-refractivity contribution in [3.05, 3.63) is 0 Å². The minimum absolute atomic E-state index is 0.0709. The van der Waals surface area contributed by atoms with E-state index in [9.17, 15) is 4.79 Å². The first-order valence-corrected chi connectivity index (χ1v) is 5.21. The fourth-order valence-corrected chi connectivity index (χ4v) is 2.02. The predicted molar refractivity (Wildman–Crippen MR) is 52.6 cm³/mol. The van der Waals surface area contributed by atoms with E-state index in [1.54, 1.807) is 0 Å². The summed E-state index contributed by atoms with van der Waals surface area (Å²) in [4.78, 5) is 10.7. The molecule has 1 aliphatic rings. The van der Waals surface area contributed by atoms with E-state index in [0.29, 0.717) is 5.92 Å². The summed E-state index contributed by atoms with van der Waals surface area (Å²) >= 11 is 0. The van der Waals surface area contributed by atoms with Gasteiger partial charge in [0, 0.05) is 12.5 Å². The average Bonchev–Trinajstić information content (AvgIpc) is 2.16. The van der Waals surface area contributed by atoms with Crippen LogP contribution in [0.25, 0.3) is 0 Å². The Labute approximate surface area is 80.7 Å². The van der Waals surface area contributed by atoms with Crippen LogP contribution in [0, 0.1) is 11.8 Å². The highest BCUT2D eigenvalue weighted by atomic mass is 16.5. The van der Waals surface area contributed by atoms with Crippen LogP contribution in [0.4, 0.5) is 0 Å². The molecule has 1 saturated heterocycles. The lowest BCUT2D eigenvalue weighted by Gasteiger charge is -2.40. The molecule has 13 heavy (non-hydrogen) atoms. The lowest BCUT2D eigenvalue weighted by atomic mass is 9.79. The Hall–Kier alpha value is -0.370. The lowest BCUT2D eigenvalue weighted by molar-refractivity contribution is -0.134. The van der Waals surface area contributed by atoms with Crippen molar-refractivity contribution in [3.8, 4) is 0 Å². The Balaban J connectivity index is 2.61. The molecule has 1 rings (SSSR count). The summed E-state index contributed by atoms with van der Waals surface area (Å²) in [5.41, 5.74) is -0.0709. The van der Waals surface area contributed by atoms with Gasteiger partial charge in [-0.05, 0) is 25.7 Å². The van der Waals surface area contributed by atoms with Gasteiger partial charge in [0.1, 0.15) is 6.29 Å². The molecule has 0 bridgehead atoms. The van der Waals surface area contributed by atoms with Gasteiger partial charge in [-0.2, -0.15) is 0 Å². The largest absolute Gasteiger partial charge is 0.375 e. The Kier molecular flexibility index (Phi) is 3.48. The monoisotopic (exact) mass is 184 g/mol. The zero-order chi connectivity index (χ0) is 9.90. The molecule has 76 valence electrons. The van der Waals surface area contributed by atoms with E-state index >= 15 is 0 Å². The zero-order valence-corrected chi connectivity index (χ0v) is 8.88. The van der Waals surface area contributed by atoms with Gasteiger partial charge in [0.2, 0.25) is 0 Å². The molecule has 1 aliphatic heterocycles. The van der Waals surface area contributed by atoms with Crippen molar-refractivity contribution in [2.75, 3.05) is 6.61 Å². The van der Waals surface area contributed by atoms with Gasteiger partial charge in [0.15, 0.2) is 0 Å². The summed E-state index contributed by atoms with van der Waals surface area (Å²) in [6.07, 6.45) is 3.99. The second kappa shape index (κ2) is 4.23. The summed E-state index contributed by atoms with van der Waals surface area (Å²) in [7, 11) is 0. The molecule has 0 aromatic rings. The normalized spacial score (nSPS) is 37.0. The Morgan fingerprint density at radius 3 is 2.92 bits per heavy atom. The van der Waals surface area contributed by atoms with Crippen LogP contribution in [0.3, 0.4) is 0 Å². The highest BCUT2D eigenvalue weighted by Crippen LogP contribution is 2.35. The molecule has 3 atom stereocenters. The summed E-state index contributed by atoms with van der Waals surface area (Å²) in [5.74, 6) is 0.753. The quantitative estimate of drug-likeness (QED) is 0.630. The predicted octanol–water partition coefficient (Wildman–Crippen LogP) is 2.42. The number of carbonyl (C=O) groups excluding carboxylic acids is 1. The van der Waals surface area contributed by atoms with E-state index in [-0.39, 0.29) is 11.5 Å². The van der Waals surface area contributed by atoms with Crippen LogP contribution >= 0.6 is 0 Å². The van der Waals surface area contributed by atoms with Crippen molar-refractivity contribution in [1.29, 1.82) is 0 Å².